The predicted molar refractivity (Wildman–Crippen MR) is 102 cm³/mol. The number of rotatable bonds is 2. The molecule has 27 heavy (non-hydrogen) atoms. The fourth-order valence-corrected chi connectivity index (χ4v) is 4.93. The number of nitrogens with one attached hydrogen (secondary N) is 1. The molecule has 0 aromatic carbocycles. The van der Waals surface area contributed by atoms with Crippen LogP contribution in [0.15, 0.2) is 18.5 Å². The van der Waals surface area contributed by atoms with Crippen LogP contribution in [0.1, 0.15) is 44.6 Å². The Morgan fingerprint density at radius 1 is 1.30 bits per heavy atom. The van der Waals surface area contributed by atoms with E-state index >= 15 is 0 Å². The summed E-state index contributed by atoms with van der Waals surface area (Å²) >= 11 is 0. The molecule has 0 bridgehead atoms. The first kappa shape index (κ1) is 18.2. The summed E-state index contributed by atoms with van der Waals surface area (Å²) in [6.07, 6.45) is 8.07. The number of fused-ring (bicyclic) bond motifs is 2. The monoisotopic (exact) mass is 372 g/mol. The molecule has 0 atom stereocenters. The Hall–Kier alpha value is -2.15. The molecule has 3 heterocycles. The highest BCUT2D eigenvalue weighted by Gasteiger charge is 2.49. The van der Waals surface area contributed by atoms with Crippen molar-refractivity contribution in [1.82, 2.24) is 14.8 Å². The van der Waals surface area contributed by atoms with Crippen molar-refractivity contribution < 1.29 is 14.3 Å². The number of hydrogen-bond acceptors (Lipinski definition) is 5. The lowest BCUT2D eigenvalue weighted by Gasteiger charge is -2.40. The van der Waals surface area contributed by atoms with E-state index in [9.17, 15) is 9.59 Å². The number of aromatic nitrogens is 1. The van der Waals surface area contributed by atoms with Crippen molar-refractivity contribution in [3.63, 3.8) is 0 Å². The molecule has 1 aromatic rings. The smallest absolute Gasteiger partial charge is 0.409 e. The molecule has 0 radical (unpaired) electrons. The Morgan fingerprint density at radius 3 is 2.89 bits per heavy atom. The largest absolute Gasteiger partial charge is 0.450 e. The minimum Gasteiger partial charge on any atom is -0.450 e. The van der Waals surface area contributed by atoms with E-state index in [1.54, 1.807) is 12.4 Å². The van der Waals surface area contributed by atoms with Crippen LogP contribution in [0.3, 0.4) is 0 Å². The lowest BCUT2D eigenvalue weighted by molar-refractivity contribution is -0.122. The first-order chi connectivity index (χ1) is 13.1. The molecular weight excluding hydrogens is 344 g/mol. The van der Waals surface area contributed by atoms with Crippen molar-refractivity contribution in [1.29, 1.82) is 0 Å². The molecule has 3 aliphatic rings. The molecule has 2 amide bonds. The van der Waals surface area contributed by atoms with Gasteiger partial charge in [0.1, 0.15) is 0 Å². The summed E-state index contributed by atoms with van der Waals surface area (Å²) < 4.78 is 5.14. The molecule has 4 rings (SSSR count). The number of carbonyl (C=O) groups is 2. The molecule has 146 valence electrons. The summed E-state index contributed by atoms with van der Waals surface area (Å²) in [6, 6.07) is 2.48. The molecule has 1 saturated carbocycles. The van der Waals surface area contributed by atoms with Gasteiger partial charge in [0, 0.05) is 38.4 Å². The van der Waals surface area contributed by atoms with Crippen LogP contribution in [0.2, 0.25) is 0 Å². The van der Waals surface area contributed by atoms with Gasteiger partial charge in [-0.3, -0.25) is 14.7 Å². The zero-order chi connectivity index (χ0) is 18.9. The van der Waals surface area contributed by atoms with E-state index < -0.39 is 0 Å². The Morgan fingerprint density at radius 2 is 2.11 bits per heavy atom. The molecular formula is C20H28N4O3. The highest BCUT2D eigenvalue weighted by molar-refractivity contribution is 6.06. The van der Waals surface area contributed by atoms with Crippen LogP contribution in [0.25, 0.3) is 0 Å². The third-order valence-corrected chi connectivity index (χ3v) is 6.40. The topological polar surface area (TPSA) is 74.8 Å². The Kier molecular flexibility index (Phi) is 5.04. The van der Waals surface area contributed by atoms with Gasteiger partial charge in [-0.2, -0.15) is 0 Å². The van der Waals surface area contributed by atoms with E-state index in [0.29, 0.717) is 12.6 Å². The first-order valence-electron chi connectivity index (χ1n) is 10.1. The lowest BCUT2D eigenvalue weighted by Crippen LogP contribution is -2.46. The summed E-state index contributed by atoms with van der Waals surface area (Å²) in [5, 5.41) is 3.02. The second-order valence-corrected chi connectivity index (χ2v) is 7.76. The molecule has 1 spiro atoms. The maximum atomic E-state index is 12.7. The summed E-state index contributed by atoms with van der Waals surface area (Å²) in [5.41, 5.74) is 1.61. The molecule has 0 unspecified atom stereocenters. The average Bonchev–Trinajstić information content (AvgIpc) is 2.84. The number of anilines is 1. The molecule has 2 fully saturated rings. The van der Waals surface area contributed by atoms with E-state index in [0.717, 1.165) is 69.5 Å². The molecule has 2 aliphatic heterocycles. The highest BCUT2D eigenvalue weighted by atomic mass is 16.6. The Labute approximate surface area is 160 Å². The molecule has 7 heteroatoms. The van der Waals surface area contributed by atoms with E-state index in [1.807, 2.05) is 17.9 Å². The number of nitrogens with zero attached hydrogens (tertiary/aromatic N) is 3. The van der Waals surface area contributed by atoms with Gasteiger partial charge >= 0.3 is 6.09 Å². The second-order valence-electron chi connectivity index (χ2n) is 7.76. The summed E-state index contributed by atoms with van der Waals surface area (Å²) in [5.74, 6) is 0.133. The van der Waals surface area contributed by atoms with Crippen molar-refractivity contribution in [3.05, 3.63) is 24.0 Å². The minimum absolute atomic E-state index is 0.133. The van der Waals surface area contributed by atoms with Crippen molar-refractivity contribution in [2.75, 3.05) is 38.1 Å². The third kappa shape index (κ3) is 3.29. The van der Waals surface area contributed by atoms with Crippen LogP contribution in [0, 0.1) is 0 Å². The van der Waals surface area contributed by atoms with Gasteiger partial charge < -0.3 is 15.0 Å². The van der Waals surface area contributed by atoms with Crippen LogP contribution >= 0.6 is 0 Å². The van der Waals surface area contributed by atoms with Gasteiger partial charge in [0.15, 0.2) is 0 Å². The standard InChI is InChI=1S/C20H28N4O3/c1-2-27-19(26)24-11-3-10-23(12-13-24)15-4-7-20(8-5-15)16-6-9-21-14-17(16)22-18(20)25/h6,9,14-15H,2-5,7-8,10-13H2,1H3,(H,22,25). The van der Waals surface area contributed by atoms with Crippen molar-refractivity contribution in [3.8, 4) is 0 Å². The quantitative estimate of drug-likeness (QED) is 0.863. The average molecular weight is 372 g/mol. The van der Waals surface area contributed by atoms with Crippen LogP contribution < -0.4 is 5.32 Å². The van der Waals surface area contributed by atoms with Crippen LogP contribution in [-0.4, -0.2) is 65.6 Å². The minimum atomic E-state index is -0.377. The zero-order valence-corrected chi connectivity index (χ0v) is 15.9. The fraction of sp³-hybridized carbons (Fsp3) is 0.650. The van der Waals surface area contributed by atoms with Gasteiger partial charge in [0.05, 0.1) is 23.9 Å². The van der Waals surface area contributed by atoms with Crippen molar-refractivity contribution in [2.45, 2.75) is 50.5 Å². The summed E-state index contributed by atoms with van der Waals surface area (Å²) in [7, 11) is 0. The van der Waals surface area contributed by atoms with Gasteiger partial charge in [-0.1, -0.05) is 0 Å². The number of ether oxygens (including phenoxy) is 1. The molecule has 1 aromatic heterocycles. The van der Waals surface area contributed by atoms with Crippen molar-refractivity contribution >= 4 is 17.7 Å². The summed E-state index contributed by atoms with van der Waals surface area (Å²) in [4.78, 5) is 33.2. The number of pyridine rings is 1. The number of amides is 2. The van der Waals surface area contributed by atoms with Crippen molar-refractivity contribution in [2.24, 2.45) is 0 Å². The van der Waals surface area contributed by atoms with Crippen LogP contribution in [-0.2, 0) is 14.9 Å². The van der Waals surface area contributed by atoms with Gasteiger partial charge in [-0.25, -0.2) is 4.79 Å². The highest BCUT2D eigenvalue weighted by Crippen LogP contribution is 2.47. The van der Waals surface area contributed by atoms with Gasteiger partial charge in [-0.05, 0) is 50.7 Å². The van der Waals surface area contributed by atoms with E-state index in [1.165, 1.54) is 0 Å². The van der Waals surface area contributed by atoms with E-state index in [4.69, 9.17) is 4.74 Å². The SMILES string of the molecule is CCOC(=O)N1CCCN(C2CCC3(CC2)C(=O)Nc2cnccc23)CC1. The second kappa shape index (κ2) is 7.46. The van der Waals surface area contributed by atoms with Crippen LogP contribution in [0.4, 0.5) is 10.5 Å². The zero-order valence-electron chi connectivity index (χ0n) is 15.9. The first-order valence-corrected chi connectivity index (χ1v) is 10.1. The molecule has 1 saturated heterocycles. The number of carbonyl (C=O) groups excluding carboxylic acids is 2. The Balaban J connectivity index is 1.39. The number of hydrogen-bond donors (Lipinski definition) is 1. The molecule has 1 N–H and O–H groups in total. The van der Waals surface area contributed by atoms with Gasteiger partial charge in [0.25, 0.3) is 0 Å². The van der Waals surface area contributed by atoms with E-state index in [2.05, 4.69) is 15.2 Å². The summed E-state index contributed by atoms with van der Waals surface area (Å²) in [6.45, 7) is 5.61. The maximum Gasteiger partial charge on any atom is 0.409 e. The maximum absolute atomic E-state index is 12.7. The third-order valence-electron chi connectivity index (χ3n) is 6.40. The molecule has 7 nitrogen and oxygen atoms in total. The van der Waals surface area contributed by atoms with Gasteiger partial charge in [0.2, 0.25) is 5.91 Å². The van der Waals surface area contributed by atoms with Gasteiger partial charge in [-0.15, -0.1) is 0 Å². The lowest BCUT2D eigenvalue weighted by atomic mass is 9.69. The fourth-order valence-electron chi connectivity index (χ4n) is 4.93. The molecule has 1 aliphatic carbocycles. The van der Waals surface area contributed by atoms with E-state index in [-0.39, 0.29) is 17.4 Å². The predicted octanol–water partition coefficient (Wildman–Crippen LogP) is 2.38. The van der Waals surface area contributed by atoms with Crippen LogP contribution in [0.5, 0.6) is 0 Å². The Bertz CT molecular complexity index is 715. The normalized spacial score (nSPS) is 28.6.